The number of hydrogen-bond donors (Lipinski definition) is 0. The number of aryl methyl sites for hydroxylation is 1. The first-order valence-electron chi connectivity index (χ1n) is 11.0. The zero-order valence-electron chi connectivity index (χ0n) is 17.7. The molecular formula is C25H27BrN2O3. The summed E-state index contributed by atoms with van der Waals surface area (Å²) in [4.78, 5) is 43.0. The Bertz CT molecular complexity index is 963. The number of carbonyl (C=O) groups is 3. The van der Waals surface area contributed by atoms with Gasteiger partial charge in [-0.1, -0.05) is 59.3 Å². The zero-order chi connectivity index (χ0) is 22.0. The van der Waals surface area contributed by atoms with Gasteiger partial charge >= 0.3 is 0 Å². The molecule has 1 saturated carbocycles. The fourth-order valence-corrected chi connectivity index (χ4v) is 4.90. The molecule has 1 atom stereocenters. The topological polar surface area (TPSA) is 57.7 Å². The number of benzene rings is 2. The van der Waals surface area contributed by atoms with Gasteiger partial charge in [-0.25, -0.2) is 4.90 Å². The van der Waals surface area contributed by atoms with Crippen LogP contribution < -0.4 is 4.90 Å². The van der Waals surface area contributed by atoms with Gasteiger partial charge in [0.1, 0.15) is 6.04 Å². The smallest absolute Gasteiger partial charge is 0.257 e. The van der Waals surface area contributed by atoms with Crippen molar-refractivity contribution in [2.75, 3.05) is 4.90 Å². The second kappa shape index (κ2) is 9.35. The van der Waals surface area contributed by atoms with Crippen LogP contribution in [0.1, 0.15) is 60.9 Å². The molecule has 6 heteroatoms. The molecule has 162 valence electrons. The van der Waals surface area contributed by atoms with E-state index in [0.29, 0.717) is 11.3 Å². The van der Waals surface area contributed by atoms with Gasteiger partial charge in [-0.15, -0.1) is 0 Å². The molecule has 1 heterocycles. The molecule has 3 amide bonds. The summed E-state index contributed by atoms with van der Waals surface area (Å²) in [5, 5.41) is 0. The molecule has 2 aromatic carbocycles. The van der Waals surface area contributed by atoms with Crippen LogP contribution in [0.15, 0.2) is 53.0 Å². The molecule has 1 saturated heterocycles. The molecule has 1 unspecified atom stereocenters. The maximum Gasteiger partial charge on any atom is 0.257 e. The summed E-state index contributed by atoms with van der Waals surface area (Å²) in [6.45, 7) is 1.98. The number of amides is 3. The number of carbonyl (C=O) groups excluding carboxylic acids is 3. The highest BCUT2D eigenvalue weighted by Gasteiger charge is 2.46. The van der Waals surface area contributed by atoms with Crippen molar-refractivity contribution in [3.8, 4) is 0 Å². The van der Waals surface area contributed by atoms with Crippen LogP contribution in [-0.2, 0) is 9.59 Å². The predicted molar refractivity (Wildman–Crippen MR) is 124 cm³/mol. The first-order chi connectivity index (χ1) is 15.0. The highest BCUT2D eigenvalue weighted by molar-refractivity contribution is 9.10. The van der Waals surface area contributed by atoms with E-state index >= 15 is 0 Å². The lowest BCUT2D eigenvalue weighted by atomic mass is 10.0. The average Bonchev–Trinajstić information content (AvgIpc) is 2.92. The van der Waals surface area contributed by atoms with E-state index in [1.807, 2.05) is 43.3 Å². The molecule has 1 aliphatic carbocycles. The van der Waals surface area contributed by atoms with Crippen molar-refractivity contribution in [3.05, 3.63) is 64.1 Å². The van der Waals surface area contributed by atoms with Gasteiger partial charge in [-0.3, -0.25) is 14.4 Å². The number of imide groups is 1. The van der Waals surface area contributed by atoms with Crippen molar-refractivity contribution in [1.82, 2.24) is 4.90 Å². The Kier molecular flexibility index (Phi) is 6.56. The quantitative estimate of drug-likeness (QED) is 0.441. The first kappa shape index (κ1) is 21.8. The molecule has 2 aromatic rings. The zero-order valence-corrected chi connectivity index (χ0v) is 19.3. The van der Waals surface area contributed by atoms with Crippen LogP contribution in [0.4, 0.5) is 5.69 Å². The lowest BCUT2D eigenvalue weighted by molar-refractivity contribution is -0.123. The molecule has 0 N–H and O–H groups in total. The summed E-state index contributed by atoms with van der Waals surface area (Å²) in [6, 6.07) is 13.8. The largest absolute Gasteiger partial charge is 0.323 e. The molecule has 0 aromatic heterocycles. The molecule has 0 bridgehead atoms. The molecular weight excluding hydrogens is 456 g/mol. The fourth-order valence-electron chi connectivity index (χ4n) is 4.64. The third-order valence-electron chi connectivity index (χ3n) is 6.29. The highest BCUT2D eigenvalue weighted by Crippen LogP contribution is 2.32. The number of hydrogen-bond acceptors (Lipinski definition) is 3. The Balaban J connectivity index is 1.68. The van der Waals surface area contributed by atoms with Gasteiger partial charge in [0, 0.05) is 16.1 Å². The molecule has 5 nitrogen and oxygen atoms in total. The SMILES string of the molecule is Cc1ccc(C(=O)N(C2CCCCCC2)C2CC(=O)N(c3ccc(Br)cc3)C2=O)cc1. The maximum atomic E-state index is 13.6. The molecule has 4 rings (SSSR count). The Morgan fingerprint density at radius 1 is 0.935 bits per heavy atom. The minimum Gasteiger partial charge on any atom is -0.323 e. The van der Waals surface area contributed by atoms with E-state index < -0.39 is 6.04 Å². The number of nitrogens with zero attached hydrogens (tertiary/aromatic N) is 2. The molecule has 1 aliphatic heterocycles. The van der Waals surface area contributed by atoms with Crippen molar-refractivity contribution in [1.29, 1.82) is 0 Å². The van der Waals surface area contributed by atoms with Gasteiger partial charge in [-0.05, 0) is 56.2 Å². The van der Waals surface area contributed by atoms with Gasteiger partial charge in [0.05, 0.1) is 12.1 Å². The fraction of sp³-hybridized carbons (Fsp3) is 0.400. The van der Waals surface area contributed by atoms with Crippen molar-refractivity contribution in [2.24, 2.45) is 0 Å². The summed E-state index contributed by atoms with van der Waals surface area (Å²) in [6.07, 6.45) is 6.13. The summed E-state index contributed by atoms with van der Waals surface area (Å²) in [5.74, 6) is -0.722. The van der Waals surface area contributed by atoms with Crippen molar-refractivity contribution in [2.45, 2.75) is 64.0 Å². The third kappa shape index (κ3) is 4.59. The molecule has 0 radical (unpaired) electrons. The standard InChI is InChI=1S/C25H27BrN2O3/c1-17-8-10-18(11-9-17)24(30)27(20-6-4-2-3-5-7-20)22-16-23(29)28(25(22)31)21-14-12-19(26)13-15-21/h8-15,20,22H,2-7,16H2,1H3. The Labute approximate surface area is 191 Å². The Morgan fingerprint density at radius 3 is 2.16 bits per heavy atom. The summed E-state index contributed by atoms with van der Waals surface area (Å²) in [5.41, 5.74) is 2.19. The lowest BCUT2D eigenvalue weighted by Gasteiger charge is -2.35. The van der Waals surface area contributed by atoms with E-state index in [4.69, 9.17) is 0 Å². The number of rotatable bonds is 4. The van der Waals surface area contributed by atoms with Crippen LogP contribution in [0, 0.1) is 6.92 Å². The van der Waals surface area contributed by atoms with E-state index in [9.17, 15) is 14.4 Å². The van der Waals surface area contributed by atoms with Gasteiger partial charge in [0.2, 0.25) is 5.91 Å². The van der Waals surface area contributed by atoms with Crippen molar-refractivity contribution < 1.29 is 14.4 Å². The third-order valence-corrected chi connectivity index (χ3v) is 6.82. The molecule has 0 spiro atoms. The van der Waals surface area contributed by atoms with Crippen LogP contribution in [0.3, 0.4) is 0 Å². The van der Waals surface area contributed by atoms with E-state index in [0.717, 1.165) is 48.6 Å². The Hall–Kier alpha value is -2.47. The highest BCUT2D eigenvalue weighted by atomic mass is 79.9. The predicted octanol–water partition coefficient (Wildman–Crippen LogP) is 5.25. The minimum atomic E-state index is -0.756. The number of anilines is 1. The van der Waals surface area contributed by atoms with Gasteiger partial charge in [-0.2, -0.15) is 0 Å². The van der Waals surface area contributed by atoms with Gasteiger partial charge < -0.3 is 4.90 Å². The monoisotopic (exact) mass is 482 g/mol. The van der Waals surface area contributed by atoms with E-state index in [-0.39, 0.29) is 30.2 Å². The second-order valence-electron chi connectivity index (χ2n) is 8.49. The van der Waals surface area contributed by atoms with Crippen LogP contribution in [-0.4, -0.2) is 34.7 Å². The average molecular weight is 483 g/mol. The van der Waals surface area contributed by atoms with Crippen molar-refractivity contribution in [3.63, 3.8) is 0 Å². The van der Waals surface area contributed by atoms with Gasteiger partial charge in [0.25, 0.3) is 11.8 Å². The van der Waals surface area contributed by atoms with Crippen LogP contribution in [0.5, 0.6) is 0 Å². The summed E-state index contributed by atoms with van der Waals surface area (Å²) < 4.78 is 0.876. The minimum absolute atomic E-state index is 0.0251. The molecule has 2 aliphatic rings. The first-order valence-corrected chi connectivity index (χ1v) is 11.8. The second-order valence-corrected chi connectivity index (χ2v) is 9.40. The molecule has 31 heavy (non-hydrogen) atoms. The number of halogens is 1. The summed E-state index contributed by atoms with van der Waals surface area (Å²) >= 11 is 3.39. The summed E-state index contributed by atoms with van der Waals surface area (Å²) in [7, 11) is 0. The lowest BCUT2D eigenvalue weighted by Crippen LogP contribution is -2.50. The van der Waals surface area contributed by atoms with Crippen LogP contribution >= 0.6 is 15.9 Å². The van der Waals surface area contributed by atoms with Crippen molar-refractivity contribution >= 4 is 39.3 Å². The molecule has 2 fully saturated rings. The van der Waals surface area contributed by atoms with Gasteiger partial charge in [0.15, 0.2) is 0 Å². The maximum absolute atomic E-state index is 13.6. The van der Waals surface area contributed by atoms with E-state index in [1.54, 1.807) is 17.0 Å². The van der Waals surface area contributed by atoms with Crippen LogP contribution in [0.2, 0.25) is 0 Å². The van der Waals surface area contributed by atoms with Crippen LogP contribution in [0.25, 0.3) is 0 Å². The normalized spacial score (nSPS) is 20.1. The Morgan fingerprint density at radius 2 is 1.55 bits per heavy atom. The van der Waals surface area contributed by atoms with E-state index in [2.05, 4.69) is 15.9 Å². The van der Waals surface area contributed by atoms with E-state index in [1.165, 1.54) is 4.90 Å².